The van der Waals surface area contributed by atoms with Gasteiger partial charge in [0.1, 0.15) is 6.04 Å². The number of nitrogens with zero attached hydrogens (tertiary/aromatic N) is 6. The van der Waals surface area contributed by atoms with Gasteiger partial charge in [0.2, 0.25) is 33.7 Å². The first-order valence-corrected chi connectivity index (χ1v) is 22.8. The molecule has 1 aliphatic carbocycles. The Labute approximate surface area is 364 Å². The van der Waals surface area contributed by atoms with Gasteiger partial charge in [-0.1, -0.05) is 18.2 Å². The molecule has 3 N–H and O–H groups in total. The molecule has 2 aromatic carbocycles. The predicted octanol–water partition coefficient (Wildman–Crippen LogP) is 2.63. The van der Waals surface area contributed by atoms with E-state index in [9.17, 15) is 42.0 Å². The van der Waals surface area contributed by atoms with Crippen LogP contribution in [0, 0.1) is 0 Å². The Morgan fingerprint density at radius 3 is 2.38 bits per heavy atom. The van der Waals surface area contributed by atoms with Crippen molar-refractivity contribution in [2.75, 3.05) is 49.2 Å². The van der Waals surface area contributed by atoms with Crippen LogP contribution in [0.15, 0.2) is 84.6 Å². The molecule has 1 saturated carbocycles. The van der Waals surface area contributed by atoms with Crippen molar-refractivity contribution in [2.24, 2.45) is 0 Å². The standard InChI is InChI=1S/C43H39N9O9S2/c1-63(60,61)51-14-10-28(23-51)37(55)45-22-36(54)48-42-46-32(24-62-42)27-4-2-3-25(19-27)26-9-13-44-34(20-26)43(11-12-43)41(59)50-17-15-49(16-18-50)29-5-6-30-31(21-29)40(58)52(39(30)57)33-7-8-35(53)47-38(33)56/h2-6,9-10,13-14,19-21,23-24,33H,7-8,11-12,15-18,22H2,1H3,(H,45,55)(H,46,48,54)(H,47,53,56). The molecule has 5 aromatic rings. The van der Waals surface area contributed by atoms with E-state index in [1.54, 1.807) is 29.8 Å². The summed E-state index contributed by atoms with van der Waals surface area (Å²) in [7, 11) is -3.55. The van der Waals surface area contributed by atoms with E-state index in [0.29, 0.717) is 55.5 Å². The van der Waals surface area contributed by atoms with Crippen molar-refractivity contribution in [1.82, 2.24) is 34.4 Å². The monoisotopic (exact) mass is 889 g/mol. The topological polar surface area (TPSA) is 230 Å². The minimum absolute atomic E-state index is 0.0119. The number of carbonyl (C=O) groups excluding carboxylic acids is 7. The molecule has 1 unspecified atom stereocenters. The lowest BCUT2D eigenvalue weighted by Crippen LogP contribution is -2.54. The SMILES string of the molecule is CS(=O)(=O)n1ccc(C(=O)NCC(=O)Nc2nc(-c3cccc(-c4ccnc(C5(C(=O)N6CCN(c7ccc8c(c7)C(=O)N(C7CCC(=O)NC7=O)C8=O)CC6)CC5)c4)c3)cs2)c1. The fourth-order valence-electron chi connectivity index (χ4n) is 8.17. The van der Waals surface area contributed by atoms with Crippen LogP contribution in [0.2, 0.25) is 0 Å². The molecule has 3 aromatic heterocycles. The molecule has 63 heavy (non-hydrogen) atoms. The zero-order valence-electron chi connectivity index (χ0n) is 33.7. The lowest BCUT2D eigenvalue weighted by Gasteiger charge is -2.37. The van der Waals surface area contributed by atoms with Crippen molar-refractivity contribution in [3.8, 4) is 22.4 Å². The molecule has 20 heteroatoms. The first-order chi connectivity index (χ1) is 30.2. The number of imide groups is 2. The second-order valence-electron chi connectivity index (χ2n) is 15.8. The maximum absolute atomic E-state index is 14.2. The predicted molar refractivity (Wildman–Crippen MR) is 229 cm³/mol. The summed E-state index contributed by atoms with van der Waals surface area (Å²) >= 11 is 1.22. The molecule has 9 rings (SSSR count). The second kappa shape index (κ2) is 16.0. The summed E-state index contributed by atoms with van der Waals surface area (Å²) in [5.41, 5.74) is 4.38. The van der Waals surface area contributed by atoms with Gasteiger partial charge in [-0.15, -0.1) is 11.3 Å². The smallest absolute Gasteiger partial charge is 0.262 e. The van der Waals surface area contributed by atoms with Crippen molar-refractivity contribution < 1.29 is 42.0 Å². The molecule has 4 aliphatic rings. The van der Waals surface area contributed by atoms with Crippen LogP contribution in [0.5, 0.6) is 0 Å². The van der Waals surface area contributed by atoms with E-state index in [-0.39, 0.29) is 42.0 Å². The van der Waals surface area contributed by atoms with Gasteiger partial charge in [-0.2, -0.15) is 0 Å². The number of piperidine rings is 1. The number of carbonyl (C=O) groups is 7. The third-order valence-corrected chi connectivity index (χ3v) is 13.5. The number of anilines is 2. The number of nitrogens with one attached hydrogen (secondary N) is 3. The quantitative estimate of drug-likeness (QED) is 0.163. The zero-order valence-corrected chi connectivity index (χ0v) is 35.3. The van der Waals surface area contributed by atoms with Crippen molar-refractivity contribution in [3.63, 3.8) is 0 Å². The Bertz CT molecular complexity index is 2880. The molecule has 322 valence electrons. The molecular formula is C43H39N9O9S2. The van der Waals surface area contributed by atoms with Crippen molar-refractivity contribution >= 4 is 73.5 Å². The van der Waals surface area contributed by atoms with E-state index in [4.69, 9.17) is 0 Å². The summed E-state index contributed by atoms with van der Waals surface area (Å²) in [5, 5.41) is 9.50. The Kier molecular flexibility index (Phi) is 10.5. The number of benzene rings is 2. The average Bonchev–Trinajstić information content (AvgIpc) is 3.56. The van der Waals surface area contributed by atoms with E-state index >= 15 is 0 Å². The summed E-state index contributed by atoms with van der Waals surface area (Å²) < 4.78 is 24.3. The first kappa shape index (κ1) is 41.3. The summed E-state index contributed by atoms with van der Waals surface area (Å²) in [6.45, 7) is 1.55. The Hall–Kier alpha value is -7.06. The summed E-state index contributed by atoms with van der Waals surface area (Å²) in [4.78, 5) is 104. The number of piperazine rings is 1. The molecule has 1 atom stereocenters. The number of thiazole rings is 1. The maximum atomic E-state index is 14.2. The van der Waals surface area contributed by atoms with Crippen molar-refractivity contribution in [3.05, 3.63) is 107 Å². The Morgan fingerprint density at radius 1 is 0.905 bits per heavy atom. The highest BCUT2D eigenvalue weighted by Gasteiger charge is 2.54. The molecular weight excluding hydrogens is 851 g/mol. The number of pyridine rings is 1. The number of amides is 7. The average molecular weight is 890 g/mol. The Balaban J connectivity index is 0.813. The third-order valence-electron chi connectivity index (χ3n) is 11.7. The fraction of sp³-hybridized carbons (Fsp3) is 0.279. The lowest BCUT2D eigenvalue weighted by molar-refractivity contribution is -0.136. The van der Waals surface area contributed by atoms with Crippen LogP contribution in [-0.4, -0.2) is 119 Å². The van der Waals surface area contributed by atoms with Crippen LogP contribution in [0.3, 0.4) is 0 Å². The molecule has 0 bridgehead atoms. The summed E-state index contributed by atoms with van der Waals surface area (Å²) in [6.07, 6.45) is 6.60. The number of rotatable bonds is 11. The highest BCUT2D eigenvalue weighted by molar-refractivity contribution is 7.89. The van der Waals surface area contributed by atoms with Gasteiger partial charge in [0.25, 0.3) is 17.7 Å². The van der Waals surface area contributed by atoms with Gasteiger partial charge in [-0.05, 0) is 72.9 Å². The first-order valence-electron chi connectivity index (χ1n) is 20.1. The van der Waals surface area contributed by atoms with Gasteiger partial charge in [-0.3, -0.25) is 52.7 Å². The highest BCUT2D eigenvalue weighted by Crippen LogP contribution is 2.49. The summed E-state index contributed by atoms with van der Waals surface area (Å²) in [5.74, 6) is -3.32. The van der Waals surface area contributed by atoms with Crippen LogP contribution in [-0.2, 0) is 34.6 Å². The molecule has 0 radical (unpaired) electrons. The second-order valence-corrected chi connectivity index (χ2v) is 18.6. The number of hydrogen-bond donors (Lipinski definition) is 3. The molecule has 2 saturated heterocycles. The number of hydrogen-bond acceptors (Lipinski definition) is 13. The summed E-state index contributed by atoms with van der Waals surface area (Å²) in [6, 6.07) is 16.9. The molecule has 3 fully saturated rings. The van der Waals surface area contributed by atoms with E-state index < -0.39 is 56.9 Å². The van der Waals surface area contributed by atoms with E-state index in [1.807, 2.05) is 41.3 Å². The van der Waals surface area contributed by atoms with Gasteiger partial charge in [0.15, 0.2) is 5.13 Å². The van der Waals surface area contributed by atoms with Crippen LogP contribution in [0.25, 0.3) is 22.4 Å². The largest absolute Gasteiger partial charge is 0.368 e. The minimum atomic E-state index is -3.55. The molecule has 7 amide bonds. The van der Waals surface area contributed by atoms with Gasteiger partial charge in [-0.25, -0.2) is 13.4 Å². The number of aromatic nitrogens is 3. The van der Waals surface area contributed by atoms with Crippen LogP contribution in [0.4, 0.5) is 10.8 Å². The van der Waals surface area contributed by atoms with Gasteiger partial charge in [0.05, 0.1) is 46.3 Å². The Morgan fingerprint density at radius 2 is 1.65 bits per heavy atom. The van der Waals surface area contributed by atoms with Gasteiger partial charge in [0, 0.05) is 67.8 Å². The van der Waals surface area contributed by atoms with Gasteiger partial charge < -0.3 is 20.4 Å². The van der Waals surface area contributed by atoms with Crippen LogP contribution < -0.4 is 20.9 Å². The molecule has 0 spiro atoms. The third kappa shape index (κ3) is 7.98. The van der Waals surface area contributed by atoms with Gasteiger partial charge >= 0.3 is 0 Å². The maximum Gasteiger partial charge on any atom is 0.262 e. The minimum Gasteiger partial charge on any atom is -0.368 e. The van der Waals surface area contributed by atoms with E-state index in [2.05, 4.69) is 30.8 Å². The molecule has 18 nitrogen and oxygen atoms in total. The molecule has 6 heterocycles. The van der Waals surface area contributed by atoms with Crippen LogP contribution >= 0.6 is 11.3 Å². The van der Waals surface area contributed by atoms with Crippen molar-refractivity contribution in [2.45, 2.75) is 37.1 Å². The number of fused-ring (bicyclic) bond motifs is 1. The zero-order chi connectivity index (χ0) is 44.2. The fourth-order valence-corrected chi connectivity index (χ4v) is 9.49. The molecule has 3 aliphatic heterocycles. The van der Waals surface area contributed by atoms with Crippen LogP contribution in [0.1, 0.15) is 62.5 Å². The van der Waals surface area contributed by atoms with Crippen molar-refractivity contribution in [1.29, 1.82) is 0 Å². The lowest BCUT2D eigenvalue weighted by atomic mass is 9.95. The normalized spacial score (nSPS) is 18.2. The van der Waals surface area contributed by atoms with E-state index in [1.165, 1.54) is 29.8 Å². The van der Waals surface area contributed by atoms with E-state index in [0.717, 1.165) is 37.5 Å². The highest BCUT2D eigenvalue weighted by atomic mass is 32.2.